The summed E-state index contributed by atoms with van der Waals surface area (Å²) in [5, 5.41) is 38.1. The number of hydrogen-bond donors (Lipinski definition) is 3. The van der Waals surface area contributed by atoms with Gasteiger partial charge in [-0.25, -0.2) is 9.07 Å². The second-order valence-corrected chi connectivity index (χ2v) is 10.6. The molecule has 0 aliphatic carbocycles. The van der Waals surface area contributed by atoms with Gasteiger partial charge in [-0.15, -0.1) is 10.2 Å². The first kappa shape index (κ1) is 26.9. The van der Waals surface area contributed by atoms with Crippen molar-refractivity contribution in [3.05, 3.63) is 81.7 Å². The molecule has 3 N–H and O–H groups in total. The molecular weight excluding hydrogens is 568 g/mol. The van der Waals surface area contributed by atoms with E-state index in [1.165, 1.54) is 24.4 Å². The smallest absolute Gasteiger partial charge is 0.141 e. The van der Waals surface area contributed by atoms with Crippen LogP contribution in [0.3, 0.4) is 0 Å². The highest BCUT2D eigenvalue weighted by molar-refractivity contribution is 6.36. The fourth-order valence-electron chi connectivity index (χ4n) is 4.92. The zero-order valence-corrected chi connectivity index (χ0v) is 23.3. The number of aromatic nitrogens is 7. The summed E-state index contributed by atoms with van der Waals surface area (Å²) in [4.78, 5) is 4.42. The van der Waals surface area contributed by atoms with Gasteiger partial charge in [-0.2, -0.15) is 5.26 Å². The number of hydrogen-bond acceptors (Lipinski definition) is 9. The van der Waals surface area contributed by atoms with Gasteiger partial charge >= 0.3 is 0 Å². The van der Waals surface area contributed by atoms with Crippen molar-refractivity contribution in [3.8, 4) is 6.07 Å². The average Bonchev–Trinajstić information content (AvgIpc) is 3.64. The molecule has 1 fully saturated rings. The third kappa shape index (κ3) is 5.52. The number of piperidine rings is 1. The average molecular weight is 592 g/mol. The molecule has 6 rings (SSSR count). The van der Waals surface area contributed by atoms with Crippen LogP contribution in [0.15, 0.2) is 48.9 Å². The molecule has 1 unspecified atom stereocenters. The number of rotatable bonds is 7. The molecule has 5 aromatic rings. The van der Waals surface area contributed by atoms with Gasteiger partial charge in [0.25, 0.3) is 0 Å². The zero-order valence-electron chi connectivity index (χ0n) is 21.8. The first-order chi connectivity index (χ1) is 19.9. The van der Waals surface area contributed by atoms with Crippen LogP contribution >= 0.6 is 23.2 Å². The van der Waals surface area contributed by atoms with Crippen molar-refractivity contribution in [3.63, 3.8) is 0 Å². The summed E-state index contributed by atoms with van der Waals surface area (Å²) in [5.41, 5.74) is 3.67. The first-order valence-corrected chi connectivity index (χ1v) is 13.6. The van der Waals surface area contributed by atoms with Crippen molar-refractivity contribution in [1.82, 2.24) is 40.3 Å². The quantitative estimate of drug-likeness (QED) is 0.235. The Morgan fingerprint density at radius 2 is 1.80 bits per heavy atom. The van der Waals surface area contributed by atoms with Gasteiger partial charge in [-0.05, 0) is 56.3 Å². The molecule has 41 heavy (non-hydrogen) atoms. The normalized spacial score (nSPS) is 14.6. The second-order valence-electron chi connectivity index (χ2n) is 9.77. The van der Waals surface area contributed by atoms with Crippen molar-refractivity contribution in [2.45, 2.75) is 24.9 Å². The van der Waals surface area contributed by atoms with E-state index in [4.69, 9.17) is 23.2 Å². The van der Waals surface area contributed by atoms with Crippen molar-refractivity contribution in [2.24, 2.45) is 7.05 Å². The molecule has 1 aliphatic rings. The largest absolute Gasteiger partial charge is 0.371 e. The Morgan fingerprint density at radius 3 is 2.54 bits per heavy atom. The van der Waals surface area contributed by atoms with Crippen LogP contribution in [0.2, 0.25) is 10.0 Å². The summed E-state index contributed by atoms with van der Waals surface area (Å²) in [6.07, 6.45) is 7.12. The highest BCUT2D eigenvalue weighted by Crippen LogP contribution is 2.37. The molecule has 14 heteroatoms. The maximum absolute atomic E-state index is 13.8. The Kier molecular flexibility index (Phi) is 7.40. The molecule has 0 saturated carbocycles. The summed E-state index contributed by atoms with van der Waals surface area (Å²) in [5.74, 6) is -0.543. The van der Waals surface area contributed by atoms with Crippen molar-refractivity contribution in [2.75, 3.05) is 23.7 Å². The van der Waals surface area contributed by atoms with E-state index < -0.39 is 11.9 Å². The lowest BCUT2D eigenvalue weighted by molar-refractivity contribution is 0.337. The van der Waals surface area contributed by atoms with Crippen LogP contribution in [-0.2, 0) is 7.05 Å². The second kappa shape index (κ2) is 11.3. The van der Waals surface area contributed by atoms with Crippen molar-refractivity contribution < 1.29 is 4.39 Å². The molecule has 0 amide bonds. The lowest BCUT2D eigenvalue weighted by Crippen LogP contribution is -2.29. The van der Waals surface area contributed by atoms with Crippen LogP contribution in [-0.4, -0.2) is 48.1 Å². The third-order valence-corrected chi connectivity index (χ3v) is 7.55. The minimum atomic E-state index is -0.543. The lowest BCUT2D eigenvalue weighted by Gasteiger charge is -2.22. The predicted molar refractivity (Wildman–Crippen MR) is 154 cm³/mol. The number of fused-ring (bicyclic) bond motifs is 1. The number of nitrogens with one attached hydrogen (secondary N) is 3. The molecule has 0 bridgehead atoms. The number of aryl methyl sites for hydroxylation is 1. The Balaban J connectivity index is 1.40. The Labute approximate surface area is 244 Å². The SMILES string of the molecule is Cn1cc(C(Nc2cc(Cl)c3ncc(C#N)c(Nc4ccc(F)c(Cl)c4)c3c2)c2cn(C3CCNCC3)nn2)nn1. The molecule has 3 aromatic heterocycles. The van der Waals surface area contributed by atoms with E-state index in [0.29, 0.717) is 44.4 Å². The monoisotopic (exact) mass is 591 g/mol. The van der Waals surface area contributed by atoms with Gasteiger partial charge in [0, 0.05) is 30.0 Å². The molecule has 1 aliphatic heterocycles. The van der Waals surface area contributed by atoms with E-state index in [2.05, 4.69) is 47.6 Å². The predicted octanol–water partition coefficient (Wildman–Crippen LogP) is 5.14. The van der Waals surface area contributed by atoms with Gasteiger partial charge < -0.3 is 16.0 Å². The lowest BCUT2D eigenvalue weighted by atomic mass is 10.1. The fraction of sp³-hybridized carbons (Fsp3) is 0.259. The summed E-state index contributed by atoms with van der Waals surface area (Å²) >= 11 is 12.7. The number of nitriles is 1. The zero-order chi connectivity index (χ0) is 28.5. The number of halogens is 3. The summed E-state index contributed by atoms with van der Waals surface area (Å²) in [6, 6.07) is 9.75. The highest BCUT2D eigenvalue weighted by Gasteiger charge is 2.25. The van der Waals surface area contributed by atoms with Gasteiger partial charge in [0.1, 0.15) is 29.3 Å². The topological polar surface area (TPSA) is 134 Å². The Hall–Kier alpha value is -4.31. The van der Waals surface area contributed by atoms with E-state index in [-0.39, 0.29) is 16.6 Å². The highest BCUT2D eigenvalue weighted by atomic mass is 35.5. The van der Waals surface area contributed by atoms with Crippen LogP contribution in [0.5, 0.6) is 0 Å². The van der Waals surface area contributed by atoms with E-state index in [1.807, 2.05) is 23.1 Å². The van der Waals surface area contributed by atoms with Gasteiger partial charge in [0.15, 0.2) is 0 Å². The van der Waals surface area contributed by atoms with Gasteiger partial charge in [-0.3, -0.25) is 9.67 Å². The summed E-state index contributed by atoms with van der Waals surface area (Å²) in [7, 11) is 1.79. The minimum Gasteiger partial charge on any atom is -0.371 e. The van der Waals surface area contributed by atoms with E-state index in [9.17, 15) is 9.65 Å². The Morgan fingerprint density at radius 1 is 1.05 bits per heavy atom. The first-order valence-electron chi connectivity index (χ1n) is 12.9. The van der Waals surface area contributed by atoms with Gasteiger partial charge in [0.05, 0.1) is 45.2 Å². The standard InChI is InChI=1S/C27H24Cl2FN11/c1-40-13-23(36-38-40)27(24-14-41(39-37-24)18-4-6-32-7-5-18)35-17-8-19-25(34-16-2-3-22(30)20(28)9-16)15(11-31)12-33-26(19)21(29)10-17/h2-3,8-10,12-14,18,27,32,35H,4-7H2,1H3,(H,33,34). The van der Waals surface area contributed by atoms with E-state index >= 15 is 0 Å². The molecule has 0 radical (unpaired) electrons. The number of anilines is 3. The molecule has 208 valence electrons. The number of nitrogens with zero attached hydrogens (tertiary/aromatic N) is 8. The van der Waals surface area contributed by atoms with E-state index in [0.717, 1.165) is 25.9 Å². The molecule has 4 heterocycles. The van der Waals surface area contributed by atoms with E-state index in [1.54, 1.807) is 17.8 Å². The van der Waals surface area contributed by atoms with Crippen molar-refractivity contribution in [1.29, 1.82) is 5.26 Å². The maximum atomic E-state index is 13.8. The summed E-state index contributed by atoms with van der Waals surface area (Å²) < 4.78 is 17.3. The van der Waals surface area contributed by atoms with Gasteiger partial charge in [-0.1, -0.05) is 33.6 Å². The van der Waals surface area contributed by atoms with Crippen LogP contribution in [0.4, 0.5) is 21.5 Å². The molecule has 1 saturated heterocycles. The summed E-state index contributed by atoms with van der Waals surface area (Å²) in [6.45, 7) is 1.86. The number of benzene rings is 2. The van der Waals surface area contributed by atoms with Crippen molar-refractivity contribution >= 4 is 51.2 Å². The van der Waals surface area contributed by atoms with Crippen LogP contribution in [0.25, 0.3) is 10.9 Å². The molecule has 2 aromatic carbocycles. The van der Waals surface area contributed by atoms with Crippen LogP contribution in [0.1, 0.15) is 41.9 Å². The molecule has 0 spiro atoms. The van der Waals surface area contributed by atoms with Crippen LogP contribution < -0.4 is 16.0 Å². The number of pyridine rings is 1. The molecule has 1 atom stereocenters. The fourth-order valence-corrected chi connectivity index (χ4v) is 5.37. The maximum Gasteiger partial charge on any atom is 0.141 e. The molecule has 11 nitrogen and oxygen atoms in total. The third-order valence-electron chi connectivity index (χ3n) is 6.97. The molecular formula is C27H24Cl2FN11. The Bertz CT molecular complexity index is 1770. The van der Waals surface area contributed by atoms with Crippen LogP contribution in [0, 0.1) is 17.1 Å². The van der Waals surface area contributed by atoms with Gasteiger partial charge in [0.2, 0.25) is 0 Å². The minimum absolute atomic E-state index is 0.0448.